The van der Waals surface area contributed by atoms with Gasteiger partial charge in [-0.15, -0.1) is 179 Å². The predicted octanol–water partition coefficient (Wildman–Crippen LogP) is 23.1. The minimum absolute atomic E-state index is 0. The number of phenolic OH excluding ortho intramolecular Hbond substituents is 3. The average Bonchev–Trinajstić information content (AvgIpc) is 0.820. The van der Waals surface area contributed by atoms with Gasteiger partial charge in [0.05, 0.1) is 62.6 Å². The first-order valence-electron chi connectivity index (χ1n) is 41.6. The number of pyridine rings is 12. The molecule has 0 fully saturated rings. The van der Waals surface area contributed by atoms with Crippen molar-refractivity contribution in [2.75, 3.05) is 0 Å². The van der Waals surface area contributed by atoms with Crippen molar-refractivity contribution >= 4 is 23.9 Å². The van der Waals surface area contributed by atoms with E-state index >= 15 is 0 Å². The molecule has 0 unspecified atom stereocenters. The molecule has 27 heteroatoms. The minimum Gasteiger partial charge on any atom is -0.507 e. The predicted molar refractivity (Wildman–Crippen MR) is 517 cm³/mol. The third kappa shape index (κ3) is 32.1. The van der Waals surface area contributed by atoms with Crippen molar-refractivity contribution in [3.05, 3.63) is 490 Å². The third-order valence-corrected chi connectivity index (χ3v) is 19.0. The molecule has 0 atom stereocenters. The fourth-order valence-electron chi connectivity index (χ4n) is 12.6. The Morgan fingerprint density at radius 2 is 0.367 bits per heavy atom. The second-order valence-electron chi connectivity index (χ2n) is 28.3. The fourth-order valence-corrected chi connectivity index (χ4v) is 12.6. The van der Waals surface area contributed by atoms with Crippen LogP contribution in [0.1, 0.15) is 42.0 Å². The second-order valence-corrected chi connectivity index (χ2v) is 28.3. The number of aromatic hydroxyl groups is 3. The summed E-state index contributed by atoms with van der Waals surface area (Å²) in [6, 6.07) is 142. The molecule has 0 aliphatic carbocycles. The van der Waals surface area contributed by atoms with Gasteiger partial charge in [-0.05, 0) is 180 Å². The zero-order valence-corrected chi connectivity index (χ0v) is 82.6. The van der Waals surface area contributed by atoms with Crippen molar-refractivity contribution < 1.29 is 135 Å². The molecule has 0 saturated carbocycles. The van der Waals surface area contributed by atoms with E-state index in [2.05, 4.69) is 90.1 Å². The summed E-state index contributed by atoms with van der Waals surface area (Å²) in [5, 5.41) is 64.0. The molecule has 20 rings (SSSR count). The number of carbonyl (C=O) groups is 4. The Hall–Kier alpha value is -16.6. The Balaban J connectivity index is 0.000000179. The molecule has 694 valence electrons. The van der Waals surface area contributed by atoms with Crippen LogP contribution in [-0.4, -0.2) is 119 Å². The minimum atomic E-state index is -1.24. The molecule has 0 aliphatic heterocycles. The van der Waals surface area contributed by atoms with Crippen molar-refractivity contribution in [3.63, 3.8) is 0 Å². The molecule has 0 bridgehead atoms. The monoisotopic (exact) mass is 2540 g/mol. The number of carboxylic acids is 4. The first-order chi connectivity index (χ1) is 66.0. The van der Waals surface area contributed by atoms with Gasteiger partial charge in [0.15, 0.2) is 0 Å². The molecule has 8 aromatic carbocycles. The number of aromatic nitrogens is 12. The largest absolute Gasteiger partial charge is 0.507 e. The number of carboxylic acid groups (broad SMARTS) is 4. The molecular weight excluding hydrogens is 2460 g/mol. The Bertz CT molecular complexity index is 6690. The van der Waals surface area contributed by atoms with Crippen LogP contribution >= 0.6 is 0 Å². The Morgan fingerprint density at radius 3 is 0.612 bits per heavy atom. The normalized spacial score (nSPS) is 9.81. The third-order valence-electron chi connectivity index (χ3n) is 19.0. The number of benzene rings is 8. The van der Waals surface area contributed by atoms with Crippen LogP contribution in [0, 0.1) is 30.3 Å². The summed E-state index contributed by atoms with van der Waals surface area (Å²) in [5.41, 5.74) is 19.4. The fraction of sp³-hybridized carbons (Fsp3) is 0. The van der Waals surface area contributed by atoms with E-state index in [0.717, 1.165) is 90.3 Å². The van der Waals surface area contributed by atoms with Gasteiger partial charge in [0, 0.05) is 122 Å². The first kappa shape index (κ1) is 106. The van der Waals surface area contributed by atoms with E-state index in [1.54, 1.807) is 91.4 Å². The summed E-state index contributed by atoms with van der Waals surface area (Å²) in [7, 11) is 0. The van der Waals surface area contributed by atoms with Gasteiger partial charge in [0.2, 0.25) is 0 Å². The van der Waals surface area contributed by atoms with E-state index in [4.69, 9.17) is 20.4 Å². The summed E-state index contributed by atoms with van der Waals surface area (Å²) in [5.74, 6) is -3.89. The Morgan fingerprint density at radius 1 is 0.173 bits per heavy atom. The van der Waals surface area contributed by atoms with Crippen LogP contribution in [0.25, 0.3) is 136 Å². The van der Waals surface area contributed by atoms with Gasteiger partial charge in [0.1, 0.15) is 40.0 Å². The van der Waals surface area contributed by atoms with Gasteiger partial charge in [-0.3, -0.25) is 19.9 Å². The molecule has 7 N–H and O–H groups in total. The standard InChI is InChI=1S/C22H16N2O2.2C17H11N.C16H12N2O.C16H11N2.C11H8N2O2.C7H5NO4.C6H5NO2.4Ir/c25-21-13-3-1-7-15(21)17-9-5-11-19(23-17)20-12-6-10-18(24-20)16-8-2-4-14-22(16)26;2*1-3-8-14(9-4-1)16-12-7-13-17(18-16)15-10-5-2-6-11-15;19-16-10-2-1-6-12(16)13-8-5-9-15(18-13)14-7-3-4-11-17-14;1-2-7-13(8-3-1)14-10-6-11-16(18-14)15-9-4-5-12-17-15;14-11(15)10-6-3-5-9(13-10)8-4-1-2-7-12-8;9-6(10)4-2-1-3-5(8-4)7(11)12;8-6(9)5-3-1-2-4-7-5;;;;/h1-14,25-26H;2*1-8,10,12-13H;1-11,19H;1-7,9-12H;1-7H,(H,14,15);1-3H,(H,9,10)(H,11,12);1-4H,(H,8,9);;;;/q;2*-2;;-1;;;;;;;. The van der Waals surface area contributed by atoms with Crippen LogP contribution in [0.5, 0.6) is 17.2 Å². The van der Waals surface area contributed by atoms with Crippen LogP contribution in [0.2, 0.25) is 0 Å². The molecule has 23 nitrogen and oxygen atoms in total. The van der Waals surface area contributed by atoms with Gasteiger partial charge in [0.25, 0.3) is 0 Å². The molecule has 4 radical (unpaired) electrons. The topological polar surface area (TPSA) is 365 Å². The van der Waals surface area contributed by atoms with E-state index in [-0.39, 0.29) is 120 Å². The molecule has 0 saturated heterocycles. The van der Waals surface area contributed by atoms with Gasteiger partial charge in [-0.2, -0.15) is 0 Å². The quantitative estimate of drug-likeness (QED) is 0.0442. The smallest absolute Gasteiger partial charge is 0.354 e. The first-order valence-corrected chi connectivity index (χ1v) is 41.6. The molecule has 0 aliphatic rings. The molecule has 12 heterocycles. The van der Waals surface area contributed by atoms with Crippen LogP contribution in [0.15, 0.2) is 437 Å². The molecule has 12 aromatic heterocycles. The van der Waals surface area contributed by atoms with Crippen molar-refractivity contribution in [1.29, 1.82) is 0 Å². The average molecular weight is 2540 g/mol. The summed E-state index contributed by atoms with van der Waals surface area (Å²) in [6.45, 7) is 0. The van der Waals surface area contributed by atoms with Gasteiger partial charge < -0.3 is 45.7 Å². The molecule has 0 spiro atoms. The van der Waals surface area contributed by atoms with Crippen LogP contribution < -0.4 is 0 Å². The summed E-state index contributed by atoms with van der Waals surface area (Å²) in [4.78, 5) is 92.9. The van der Waals surface area contributed by atoms with Crippen LogP contribution in [0.4, 0.5) is 0 Å². The number of phenols is 3. The van der Waals surface area contributed by atoms with Crippen molar-refractivity contribution in [3.8, 4) is 153 Å². The van der Waals surface area contributed by atoms with E-state index in [1.165, 1.54) is 36.5 Å². The van der Waals surface area contributed by atoms with Crippen LogP contribution in [-0.2, 0) is 80.4 Å². The second kappa shape index (κ2) is 55.9. The molecule has 20 aromatic rings. The molecule has 0 amide bonds. The number of para-hydroxylation sites is 3. The zero-order valence-electron chi connectivity index (χ0n) is 73.0. The van der Waals surface area contributed by atoms with E-state index in [1.807, 2.05) is 309 Å². The van der Waals surface area contributed by atoms with Crippen LogP contribution in [0.3, 0.4) is 0 Å². The van der Waals surface area contributed by atoms with E-state index < -0.39 is 23.9 Å². The van der Waals surface area contributed by atoms with E-state index in [9.17, 15) is 34.5 Å². The molecule has 139 heavy (non-hydrogen) atoms. The van der Waals surface area contributed by atoms with Gasteiger partial charge in [-0.25, -0.2) is 49.1 Å². The zero-order chi connectivity index (χ0) is 94.1. The SMILES string of the molecule is O=C(O)c1cccc(-c2ccccn2)n1.O=C(O)c1cccc(C(=O)O)n1.O=C(O)c1ccccn1.Oc1ccccc1-c1cccc(-c2cccc(-c3ccccc3O)n2)n1.Oc1ccccc1-c1cccc(-c2ccccn2)n1.[Ir].[Ir].[Ir].[Ir].[c-]1ccccc1-c1cccc(-c2[c-]cccc2)n1.[c-]1ccccc1-c1cccc(-c2[c-]cccc2)n1.[c-]1ccccc1-c1cccc(-c2ccccn2)n1. The summed E-state index contributed by atoms with van der Waals surface area (Å²) in [6.07, 6.45) is 6.61. The Kier molecular flexibility index (Phi) is 42.7. The van der Waals surface area contributed by atoms with Crippen molar-refractivity contribution in [2.24, 2.45) is 0 Å². The van der Waals surface area contributed by atoms with Gasteiger partial charge >= 0.3 is 23.9 Å². The van der Waals surface area contributed by atoms with E-state index in [0.29, 0.717) is 45.3 Å². The maximum absolute atomic E-state index is 10.7. The summed E-state index contributed by atoms with van der Waals surface area (Å²) >= 11 is 0. The number of nitrogens with zero attached hydrogens (tertiary/aromatic N) is 12. The number of rotatable bonds is 16. The number of hydrogen-bond donors (Lipinski definition) is 7. The summed E-state index contributed by atoms with van der Waals surface area (Å²) < 4.78 is 0. The number of hydrogen-bond acceptors (Lipinski definition) is 19. The Labute approximate surface area is 855 Å². The van der Waals surface area contributed by atoms with Crippen molar-refractivity contribution in [1.82, 2.24) is 59.8 Å². The molecular formula is C112H79Ir4N12O11-5. The maximum Gasteiger partial charge on any atom is 0.354 e. The van der Waals surface area contributed by atoms with Crippen molar-refractivity contribution in [2.45, 2.75) is 0 Å². The maximum atomic E-state index is 10.7. The van der Waals surface area contributed by atoms with Gasteiger partial charge in [-0.1, -0.05) is 140 Å². The number of aromatic carboxylic acids is 4.